The molecule has 0 radical (unpaired) electrons. The van der Waals surface area contributed by atoms with Crippen LogP contribution in [-0.4, -0.2) is 78.2 Å². The third-order valence-corrected chi connectivity index (χ3v) is 4.11. The van der Waals surface area contributed by atoms with Crippen molar-refractivity contribution in [1.29, 1.82) is 0 Å². The van der Waals surface area contributed by atoms with Crippen molar-refractivity contribution in [3.8, 4) is 5.88 Å². The minimum atomic E-state index is -4.74. The Hall–Kier alpha value is -1.99. The third-order valence-electron chi connectivity index (χ3n) is 3.63. The Morgan fingerprint density at radius 2 is 1.85 bits per heavy atom. The Kier molecular flexibility index (Phi) is 5.29. The van der Waals surface area contributed by atoms with E-state index in [-0.39, 0.29) is 11.7 Å². The van der Waals surface area contributed by atoms with E-state index in [4.69, 9.17) is 19.3 Å². The van der Waals surface area contributed by atoms with Crippen LogP contribution in [-0.2, 0) is 13.8 Å². The second-order valence-electron chi connectivity index (χ2n) is 5.31. The van der Waals surface area contributed by atoms with E-state index < -0.39 is 39.0 Å². The number of rotatable bonds is 6. The van der Waals surface area contributed by atoms with E-state index in [1.807, 2.05) is 0 Å². The lowest BCUT2D eigenvalue weighted by Crippen LogP contribution is -2.37. The number of aliphatic hydroxyl groups excluding tert-OH is 2. The number of aliphatic hydroxyl groups is 2. The van der Waals surface area contributed by atoms with Crippen LogP contribution in [0.5, 0.6) is 5.88 Å². The lowest BCUT2D eigenvalue weighted by atomic mass is 10.1. The highest BCUT2D eigenvalue weighted by Gasteiger charge is 2.44. The number of fused-ring (bicyclic) bond motifs is 1. The Morgan fingerprint density at radius 3 is 2.54 bits per heavy atom. The molecule has 0 spiro atoms. The second-order valence-corrected chi connectivity index (χ2v) is 6.55. The van der Waals surface area contributed by atoms with Gasteiger partial charge in [-0.25, -0.2) is 19.5 Å². The first-order chi connectivity index (χ1) is 12.3. The third kappa shape index (κ3) is 3.88. The van der Waals surface area contributed by atoms with E-state index in [0.717, 1.165) is 0 Å². The predicted molar refractivity (Wildman–Crippen MR) is 84.0 cm³/mol. The van der Waals surface area contributed by atoms with E-state index in [9.17, 15) is 14.8 Å². The van der Waals surface area contributed by atoms with Gasteiger partial charge in [-0.2, -0.15) is 4.98 Å². The van der Waals surface area contributed by atoms with E-state index in [1.54, 1.807) is 0 Å². The van der Waals surface area contributed by atoms with Gasteiger partial charge in [-0.1, -0.05) is 0 Å². The first-order valence-corrected chi connectivity index (χ1v) is 8.81. The molecule has 14 heteroatoms. The maximum atomic E-state index is 10.8. The molecule has 0 saturated carbocycles. The number of methoxy groups -OCH3 is 1. The highest BCUT2D eigenvalue weighted by atomic mass is 31.2. The average Bonchev–Trinajstić information content (AvgIpc) is 2.87. The monoisotopic (exact) mass is 389 g/mol. The lowest BCUT2D eigenvalue weighted by molar-refractivity contribution is -0.0151. The number of nitrogens with zero attached hydrogens (tertiary/aromatic N) is 4. The maximum Gasteiger partial charge on any atom is 0.469 e. The average molecular weight is 389 g/mol. The molecule has 1 aliphatic rings. The zero-order valence-electron chi connectivity index (χ0n) is 13.3. The summed E-state index contributed by atoms with van der Waals surface area (Å²) in [6, 6.07) is 0. The van der Waals surface area contributed by atoms with Gasteiger partial charge in [-0.05, 0) is 0 Å². The number of hydrogen-bond acceptors (Lipinski definition) is 11. The number of hydrogen-bond donors (Lipinski definition) is 5. The molecule has 1 aliphatic heterocycles. The smallest absolute Gasteiger partial charge is 0.469 e. The van der Waals surface area contributed by atoms with Gasteiger partial charge >= 0.3 is 7.82 Å². The number of ether oxygens (including phenoxy) is 2. The van der Waals surface area contributed by atoms with Gasteiger partial charge in [0.15, 0.2) is 17.6 Å². The molecule has 3 heterocycles. The molecule has 2 aromatic heterocycles. The largest absolute Gasteiger partial charge is 0.479 e. The fourth-order valence-corrected chi connectivity index (χ4v) is 2.76. The molecule has 0 amide bonds. The molecule has 0 aromatic carbocycles. The summed E-state index contributed by atoms with van der Waals surface area (Å²) < 4.78 is 25.5. The van der Waals surface area contributed by atoms with Crippen LogP contribution in [0.25, 0.3) is 11.0 Å². The molecular weight excluding hydrogens is 373 g/mol. The topological polar surface area (TPSA) is 189 Å². The summed E-state index contributed by atoms with van der Waals surface area (Å²) in [6.07, 6.45) is -2.66. The molecule has 1 fully saturated rings. The van der Waals surface area contributed by atoms with Crippen molar-refractivity contribution in [3.63, 3.8) is 0 Å². The molecule has 0 unspecified atom stereocenters. The summed E-state index contributed by atoms with van der Waals surface area (Å²) in [7, 11) is -3.32. The highest BCUT2D eigenvalue weighted by molar-refractivity contribution is 7.46. The van der Waals surface area contributed by atoms with Crippen LogP contribution >= 0.6 is 7.82 Å². The quantitative estimate of drug-likeness (QED) is 0.355. The van der Waals surface area contributed by atoms with E-state index in [0.29, 0.717) is 11.0 Å². The first kappa shape index (κ1) is 18.8. The van der Waals surface area contributed by atoms with Gasteiger partial charge in [-0.15, -0.1) is 0 Å². The number of nitrogens with one attached hydrogen (secondary N) is 1. The van der Waals surface area contributed by atoms with Crippen molar-refractivity contribution in [1.82, 2.24) is 19.9 Å². The summed E-state index contributed by atoms with van der Waals surface area (Å²) >= 11 is 0. The number of phosphoric ester groups is 1. The van der Waals surface area contributed by atoms with Crippen LogP contribution in [0, 0.1) is 0 Å². The standard InChI is InChI=1S/C12H16N5O8P/c1-23-11-7-6(13-4-16-11)10(15-3-14-7)17-12-9(19)8(18)5(25-12)2-24-26(20,21)22/h3-5,8-9,12,18-19H,2H2,1H3,(H,14,15,17)(H2,20,21,22)/t5-,8-,9-,12-/m1/s1. The first-order valence-electron chi connectivity index (χ1n) is 7.28. The number of aromatic nitrogens is 4. The molecule has 2 aromatic rings. The van der Waals surface area contributed by atoms with Gasteiger partial charge in [0.2, 0.25) is 5.88 Å². The van der Waals surface area contributed by atoms with Crippen molar-refractivity contribution in [2.24, 2.45) is 0 Å². The van der Waals surface area contributed by atoms with Crippen LogP contribution in [0.1, 0.15) is 0 Å². The SMILES string of the molecule is COc1ncnc2c(N[C@@H]3O[C@H](COP(=O)(O)O)[C@@H](O)[C@H]3O)ncnc12. The molecule has 0 bridgehead atoms. The van der Waals surface area contributed by atoms with Crippen LogP contribution in [0.3, 0.4) is 0 Å². The second kappa shape index (κ2) is 7.32. The van der Waals surface area contributed by atoms with Crippen molar-refractivity contribution in [3.05, 3.63) is 12.7 Å². The molecule has 26 heavy (non-hydrogen) atoms. The molecule has 13 nitrogen and oxygen atoms in total. The molecule has 5 N–H and O–H groups in total. The van der Waals surface area contributed by atoms with E-state index in [1.165, 1.54) is 19.8 Å². The van der Waals surface area contributed by atoms with Crippen molar-refractivity contribution < 1.29 is 38.6 Å². The number of anilines is 1. The minimum Gasteiger partial charge on any atom is -0.479 e. The molecule has 1 saturated heterocycles. The van der Waals surface area contributed by atoms with E-state index >= 15 is 0 Å². The zero-order valence-corrected chi connectivity index (χ0v) is 14.2. The van der Waals surface area contributed by atoms with Crippen LogP contribution in [0.15, 0.2) is 12.7 Å². The summed E-state index contributed by atoms with van der Waals surface area (Å²) in [6.45, 7) is -0.610. The van der Waals surface area contributed by atoms with Gasteiger partial charge < -0.3 is 34.8 Å². The van der Waals surface area contributed by atoms with Crippen LogP contribution in [0.2, 0.25) is 0 Å². The number of phosphoric acid groups is 1. The Labute approximate surface area is 146 Å². The summed E-state index contributed by atoms with van der Waals surface area (Å²) in [5.41, 5.74) is 0.612. The van der Waals surface area contributed by atoms with Gasteiger partial charge in [0.1, 0.15) is 36.5 Å². The predicted octanol–water partition coefficient (Wildman–Crippen LogP) is -1.60. The Morgan fingerprint density at radius 1 is 1.15 bits per heavy atom. The van der Waals surface area contributed by atoms with Gasteiger partial charge in [-0.3, -0.25) is 4.52 Å². The molecule has 0 aliphatic carbocycles. The normalized spacial score (nSPS) is 26.2. The Balaban J connectivity index is 1.79. The van der Waals surface area contributed by atoms with Crippen molar-refractivity contribution >= 4 is 24.7 Å². The van der Waals surface area contributed by atoms with E-state index in [2.05, 4.69) is 29.8 Å². The zero-order chi connectivity index (χ0) is 18.9. The molecular formula is C12H16N5O8P. The van der Waals surface area contributed by atoms with Crippen molar-refractivity contribution in [2.75, 3.05) is 19.0 Å². The van der Waals surface area contributed by atoms with Gasteiger partial charge in [0, 0.05) is 0 Å². The Bertz CT molecular complexity index is 834. The van der Waals surface area contributed by atoms with Crippen molar-refractivity contribution in [2.45, 2.75) is 24.5 Å². The highest BCUT2D eigenvalue weighted by Crippen LogP contribution is 2.37. The fraction of sp³-hybridized carbons (Fsp3) is 0.500. The summed E-state index contributed by atoms with van der Waals surface area (Å²) in [5, 5.41) is 22.8. The van der Waals surface area contributed by atoms with Crippen LogP contribution < -0.4 is 10.1 Å². The minimum absolute atomic E-state index is 0.184. The summed E-state index contributed by atoms with van der Waals surface area (Å²) in [5.74, 6) is 0.407. The lowest BCUT2D eigenvalue weighted by Gasteiger charge is -2.17. The van der Waals surface area contributed by atoms with Crippen LogP contribution in [0.4, 0.5) is 5.82 Å². The molecule has 142 valence electrons. The molecule has 3 rings (SSSR count). The fourth-order valence-electron chi connectivity index (χ4n) is 2.42. The maximum absolute atomic E-state index is 10.8. The molecule has 4 atom stereocenters. The summed E-state index contributed by atoms with van der Waals surface area (Å²) in [4.78, 5) is 33.5. The van der Waals surface area contributed by atoms with Gasteiger partial charge in [0.25, 0.3) is 0 Å². The van der Waals surface area contributed by atoms with Gasteiger partial charge in [0.05, 0.1) is 13.7 Å².